The number of benzene rings is 1. The molecular weight excluding hydrogens is 292 g/mol. The molecule has 2 rings (SSSR count). The zero-order valence-corrected chi connectivity index (χ0v) is 12.4. The van der Waals surface area contributed by atoms with Crippen molar-refractivity contribution in [3.8, 4) is 0 Å². The molecule has 2 unspecified atom stereocenters. The van der Waals surface area contributed by atoms with Gasteiger partial charge in [-0.1, -0.05) is 28.1 Å². The molecule has 1 heterocycles. The Morgan fingerprint density at radius 1 is 1.39 bits per heavy atom. The monoisotopic (exact) mass is 312 g/mol. The van der Waals surface area contributed by atoms with E-state index in [-0.39, 0.29) is 11.6 Å². The quantitative estimate of drug-likeness (QED) is 0.664. The van der Waals surface area contributed by atoms with Gasteiger partial charge in [0.15, 0.2) is 0 Å². The van der Waals surface area contributed by atoms with Gasteiger partial charge in [-0.3, -0.25) is 11.3 Å². The summed E-state index contributed by atoms with van der Waals surface area (Å²) in [5, 5.41) is 0. The predicted octanol–water partition coefficient (Wildman–Crippen LogP) is 2.78. The first kappa shape index (κ1) is 14.0. The number of halogens is 1. The Balaban J connectivity index is 2.06. The highest BCUT2D eigenvalue weighted by Crippen LogP contribution is 2.29. The third kappa shape index (κ3) is 3.32. The molecule has 1 saturated heterocycles. The summed E-state index contributed by atoms with van der Waals surface area (Å²) in [6.45, 7) is 3.00. The van der Waals surface area contributed by atoms with Crippen molar-refractivity contribution in [1.29, 1.82) is 0 Å². The highest BCUT2D eigenvalue weighted by molar-refractivity contribution is 9.10. The number of ether oxygens (including phenoxy) is 1. The van der Waals surface area contributed by atoms with Crippen LogP contribution < -0.4 is 11.3 Å². The van der Waals surface area contributed by atoms with Crippen molar-refractivity contribution >= 4 is 15.9 Å². The molecule has 100 valence electrons. The van der Waals surface area contributed by atoms with E-state index in [0.717, 1.165) is 30.3 Å². The summed E-state index contributed by atoms with van der Waals surface area (Å²) >= 11 is 3.45. The molecule has 0 aromatic heterocycles. The number of hydrazine groups is 1. The molecular formula is C14H21BrN2O. The Morgan fingerprint density at radius 3 is 2.67 bits per heavy atom. The van der Waals surface area contributed by atoms with Crippen molar-refractivity contribution in [2.24, 2.45) is 5.84 Å². The van der Waals surface area contributed by atoms with E-state index < -0.39 is 0 Å². The lowest BCUT2D eigenvalue weighted by molar-refractivity contribution is -0.0884. The van der Waals surface area contributed by atoms with Crippen LogP contribution in [-0.4, -0.2) is 18.2 Å². The van der Waals surface area contributed by atoms with Crippen molar-refractivity contribution in [1.82, 2.24) is 5.43 Å². The third-order valence-electron chi connectivity index (χ3n) is 3.79. The van der Waals surface area contributed by atoms with Crippen molar-refractivity contribution in [3.63, 3.8) is 0 Å². The van der Waals surface area contributed by atoms with Gasteiger partial charge in [-0.2, -0.15) is 0 Å². The van der Waals surface area contributed by atoms with Gasteiger partial charge >= 0.3 is 0 Å². The SMILES string of the molecule is CC1(C(Cc2ccc(Br)cc2)NN)CCCCO1. The van der Waals surface area contributed by atoms with Gasteiger partial charge in [0.05, 0.1) is 11.6 Å². The molecule has 2 atom stereocenters. The Kier molecular flexibility index (Phi) is 4.78. The van der Waals surface area contributed by atoms with E-state index in [1.54, 1.807) is 0 Å². The summed E-state index contributed by atoms with van der Waals surface area (Å²) in [6.07, 6.45) is 4.33. The average Bonchev–Trinajstić information content (AvgIpc) is 2.38. The van der Waals surface area contributed by atoms with Crippen molar-refractivity contribution in [2.75, 3.05) is 6.61 Å². The topological polar surface area (TPSA) is 47.3 Å². The van der Waals surface area contributed by atoms with Gasteiger partial charge in [-0.05, 0) is 50.3 Å². The number of hydrogen-bond donors (Lipinski definition) is 2. The second-order valence-corrected chi connectivity index (χ2v) is 6.08. The first-order chi connectivity index (χ1) is 8.64. The highest BCUT2D eigenvalue weighted by atomic mass is 79.9. The smallest absolute Gasteiger partial charge is 0.0823 e. The van der Waals surface area contributed by atoms with E-state index in [0.29, 0.717) is 0 Å². The maximum Gasteiger partial charge on any atom is 0.0823 e. The Labute approximate surface area is 117 Å². The zero-order chi connectivity index (χ0) is 13.0. The van der Waals surface area contributed by atoms with Crippen LogP contribution in [-0.2, 0) is 11.2 Å². The van der Waals surface area contributed by atoms with Crippen LogP contribution in [0.3, 0.4) is 0 Å². The molecule has 1 fully saturated rings. The van der Waals surface area contributed by atoms with E-state index in [4.69, 9.17) is 10.6 Å². The lowest BCUT2D eigenvalue weighted by atomic mass is 9.85. The second-order valence-electron chi connectivity index (χ2n) is 5.17. The van der Waals surface area contributed by atoms with Gasteiger partial charge in [0.1, 0.15) is 0 Å². The average molecular weight is 313 g/mol. The molecule has 3 N–H and O–H groups in total. The fourth-order valence-corrected chi connectivity index (χ4v) is 2.80. The van der Waals surface area contributed by atoms with E-state index in [2.05, 4.69) is 52.5 Å². The maximum absolute atomic E-state index is 5.96. The lowest BCUT2D eigenvalue weighted by Crippen LogP contribution is -2.55. The number of rotatable bonds is 4. The normalized spacial score (nSPS) is 25.9. The van der Waals surface area contributed by atoms with Crippen LogP contribution >= 0.6 is 15.9 Å². The van der Waals surface area contributed by atoms with Gasteiger partial charge in [0, 0.05) is 11.1 Å². The summed E-state index contributed by atoms with van der Waals surface area (Å²) in [4.78, 5) is 0. The summed E-state index contributed by atoms with van der Waals surface area (Å²) in [5.41, 5.74) is 4.06. The summed E-state index contributed by atoms with van der Waals surface area (Å²) in [7, 11) is 0. The maximum atomic E-state index is 5.96. The molecule has 0 saturated carbocycles. The van der Waals surface area contributed by atoms with E-state index in [1.165, 1.54) is 12.0 Å². The first-order valence-corrected chi connectivity index (χ1v) is 7.28. The number of nitrogens with one attached hydrogen (secondary N) is 1. The van der Waals surface area contributed by atoms with Crippen LogP contribution in [0.5, 0.6) is 0 Å². The van der Waals surface area contributed by atoms with Gasteiger partial charge in [-0.25, -0.2) is 0 Å². The predicted molar refractivity (Wildman–Crippen MR) is 77.2 cm³/mol. The Bertz CT molecular complexity index is 374. The second kappa shape index (κ2) is 6.15. The van der Waals surface area contributed by atoms with E-state index in [1.807, 2.05) is 0 Å². The van der Waals surface area contributed by atoms with Gasteiger partial charge in [-0.15, -0.1) is 0 Å². The molecule has 1 aromatic carbocycles. The molecule has 0 spiro atoms. The van der Waals surface area contributed by atoms with Crippen LogP contribution in [0.15, 0.2) is 28.7 Å². The highest BCUT2D eigenvalue weighted by Gasteiger charge is 2.36. The molecule has 4 heteroatoms. The van der Waals surface area contributed by atoms with Crippen LogP contribution in [0.1, 0.15) is 31.7 Å². The molecule has 0 radical (unpaired) electrons. The Morgan fingerprint density at radius 2 is 2.11 bits per heavy atom. The molecule has 0 amide bonds. The number of nitrogens with two attached hydrogens (primary N) is 1. The molecule has 0 aliphatic carbocycles. The zero-order valence-electron chi connectivity index (χ0n) is 10.8. The molecule has 1 aromatic rings. The molecule has 1 aliphatic heterocycles. The van der Waals surface area contributed by atoms with Gasteiger partial charge in [0.2, 0.25) is 0 Å². The van der Waals surface area contributed by atoms with Crippen LogP contribution in [0.25, 0.3) is 0 Å². The minimum Gasteiger partial charge on any atom is -0.374 e. The minimum absolute atomic E-state index is 0.152. The fraction of sp³-hybridized carbons (Fsp3) is 0.571. The summed E-state index contributed by atoms with van der Waals surface area (Å²) in [6, 6.07) is 8.53. The minimum atomic E-state index is -0.153. The standard InChI is InChI=1S/C14H21BrN2O/c1-14(8-2-3-9-18-14)13(17-16)10-11-4-6-12(15)7-5-11/h4-7,13,17H,2-3,8-10,16H2,1H3. The fourth-order valence-electron chi connectivity index (χ4n) is 2.54. The summed E-state index contributed by atoms with van der Waals surface area (Å²) < 4.78 is 7.06. The Hall–Kier alpha value is -0.420. The van der Waals surface area contributed by atoms with Crippen LogP contribution in [0.4, 0.5) is 0 Å². The summed E-state index contributed by atoms with van der Waals surface area (Å²) in [5.74, 6) is 5.73. The van der Waals surface area contributed by atoms with Crippen LogP contribution in [0, 0.1) is 0 Å². The van der Waals surface area contributed by atoms with E-state index >= 15 is 0 Å². The molecule has 1 aliphatic rings. The van der Waals surface area contributed by atoms with Crippen molar-refractivity contribution in [2.45, 2.75) is 44.2 Å². The first-order valence-electron chi connectivity index (χ1n) is 6.48. The third-order valence-corrected chi connectivity index (χ3v) is 4.32. The molecule has 18 heavy (non-hydrogen) atoms. The van der Waals surface area contributed by atoms with Crippen molar-refractivity contribution < 1.29 is 4.74 Å². The van der Waals surface area contributed by atoms with Crippen LogP contribution in [0.2, 0.25) is 0 Å². The largest absolute Gasteiger partial charge is 0.374 e. The lowest BCUT2D eigenvalue weighted by Gasteiger charge is -2.40. The molecule has 0 bridgehead atoms. The van der Waals surface area contributed by atoms with Crippen molar-refractivity contribution in [3.05, 3.63) is 34.3 Å². The molecule has 3 nitrogen and oxygen atoms in total. The van der Waals surface area contributed by atoms with Gasteiger partial charge in [0.25, 0.3) is 0 Å². The number of hydrogen-bond acceptors (Lipinski definition) is 3. The van der Waals surface area contributed by atoms with Gasteiger partial charge < -0.3 is 4.74 Å². The van der Waals surface area contributed by atoms with E-state index in [9.17, 15) is 0 Å².